The number of benzene rings is 1. The molecule has 0 spiro atoms. The van der Waals surface area contributed by atoms with E-state index in [2.05, 4.69) is 80.4 Å². The first-order valence-corrected chi connectivity index (χ1v) is 8.11. The molecule has 1 aromatic heterocycles. The van der Waals surface area contributed by atoms with Gasteiger partial charge in [0.05, 0.1) is 5.69 Å². The summed E-state index contributed by atoms with van der Waals surface area (Å²) in [5.74, 6) is 0.732. The number of aryl methyl sites for hydroxylation is 2. The SMILES string of the molecule is Cc1cc(C)cc(Cc2nc(C(C)(C)C)c(I)c(=O)[nH]2)c1. The van der Waals surface area contributed by atoms with Crippen molar-refractivity contribution in [3.63, 3.8) is 0 Å². The van der Waals surface area contributed by atoms with Crippen LogP contribution >= 0.6 is 22.6 Å². The average molecular weight is 396 g/mol. The zero-order chi connectivity index (χ0) is 15.8. The van der Waals surface area contributed by atoms with Gasteiger partial charge < -0.3 is 4.98 Å². The lowest BCUT2D eigenvalue weighted by Gasteiger charge is -2.19. The molecule has 0 saturated heterocycles. The fourth-order valence-electron chi connectivity index (χ4n) is 2.45. The third kappa shape index (κ3) is 3.93. The number of nitrogens with zero attached hydrogens (tertiary/aromatic N) is 1. The third-order valence-electron chi connectivity index (χ3n) is 3.28. The Bertz CT molecular complexity index is 706. The molecular formula is C17H21IN2O. The Labute approximate surface area is 139 Å². The van der Waals surface area contributed by atoms with Gasteiger partial charge in [0.25, 0.3) is 5.56 Å². The second-order valence-electron chi connectivity index (χ2n) is 6.60. The Hall–Kier alpha value is -1.17. The predicted molar refractivity (Wildman–Crippen MR) is 95.0 cm³/mol. The minimum Gasteiger partial charge on any atom is -0.309 e. The van der Waals surface area contributed by atoms with Crippen LogP contribution < -0.4 is 5.56 Å². The van der Waals surface area contributed by atoms with Crippen molar-refractivity contribution in [2.45, 2.75) is 46.5 Å². The Kier molecular flexibility index (Phi) is 4.56. The van der Waals surface area contributed by atoms with Crippen molar-refractivity contribution in [3.8, 4) is 0 Å². The van der Waals surface area contributed by atoms with Crippen molar-refractivity contribution < 1.29 is 0 Å². The number of nitrogens with one attached hydrogen (secondary N) is 1. The minimum absolute atomic E-state index is 0.0464. The molecular weight excluding hydrogens is 375 g/mol. The summed E-state index contributed by atoms with van der Waals surface area (Å²) in [5, 5.41) is 0. The van der Waals surface area contributed by atoms with E-state index in [9.17, 15) is 4.79 Å². The Balaban J connectivity index is 2.46. The van der Waals surface area contributed by atoms with Gasteiger partial charge in [0.2, 0.25) is 0 Å². The summed E-state index contributed by atoms with van der Waals surface area (Å²) in [4.78, 5) is 19.7. The molecule has 0 unspecified atom stereocenters. The molecule has 0 saturated carbocycles. The van der Waals surface area contributed by atoms with Gasteiger partial charge in [0, 0.05) is 11.8 Å². The number of hydrogen-bond donors (Lipinski definition) is 1. The van der Waals surface area contributed by atoms with Crippen LogP contribution in [-0.4, -0.2) is 9.97 Å². The minimum atomic E-state index is -0.137. The lowest BCUT2D eigenvalue weighted by atomic mass is 9.92. The zero-order valence-corrected chi connectivity index (χ0v) is 15.3. The molecule has 1 N–H and O–H groups in total. The third-order valence-corrected chi connectivity index (χ3v) is 4.28. The van der Waals surface area contributed by atoms with Gasteiger partial charge in [-0.1, -0.05) is 50.1 Å². The van der Waals surface area contributed by atoms with Gasteiger partial charge in [0.15, 0.2) is 0 Å². The van der Waals surface area contributed by atoms with Gasteiger partial charge in [-0.05, 0) is 42.0 Å². The molecule has 2 rings (SSSR count). The van der Waals surface area contributed by atoms with Crippen LogP contribution in [0.5, 0.6) is 0 Å². The first-order valence-electron chi connectivity index (χ1n) is 7.03. The standard InChI is InChI=1S/C17H21IN2O/c1-10-6-11(2)8-12(7-10)9-13-19-15(17(3,4)5)14(18)16(21)20-13/h6-8H,9H2,1-5H3,(H,19,20,21). The molecule has 0 atom stereocenters. The highest BCUT2D eigenvalue weighted by Gasteiger charge is 2.21. The van der Waals surface area contributed by atoms with Crippen molar-refractivity contribution in [1.29, 1.82) is 0 Å². The second-order valence-corrected chi connectivity index (χ2v) is 7.68. The number of hydrogen-bond acceptors (Lipinski definition) is 2. The quantitative estimate of drug-likeness (QED) is 0.784. The average Bonchev–Trinajstić information content (AvgIpc) is 2.30. The molecule has 21 heavy (non-hydrogen) atoms. The number of H-pyrrole nitrogens is 1. The first-order chi connectivity index (χ1) is 9.66. The molecule has 0 radical (unpaired) electrons. The topological polar surface area (TPSA) is 45.8 Å². The fraction of sp³-hybridized carbons (Fsp3) is 0.412. The van der Waals surface area contributed by atoms with Gasteiger partial charge in [0.1, 0.15) is 9.39 Å². The maximum absolute atomic E-state index is 12.1. The van der Waals surface area contributed by atoms with E-state index in [1.807, 2.05) is 0 Å². The summed E-state index contributed by atoms with van der Waals surface area (Å²) in [5.41, 5.74) is 4.32. The van der Waals surface area contributed by atoms with Gasteiger partial charge in [-0.3, -0.25) is 4.79 Å². The summed E-state index contributed by atoms with van der Waals surface area (Å²) in [7, 11) is 0. The summed E-state index contributed by atoms with van der Waals surface area (Å²) >= 11 is 2.08. The van der Waals surface area contributed by atoms with Crippen LogP contribution in [0.1, 0.15) is 49.0 Å². The summed E-state index contributed by atoms with van der Waals surface area (Å²) in [6.07, 6.45) is 0.651. The van der Waals surface area contributed by atoms with E-state index in [4.69, 9.17) is 4.98 Å². The van der Waals surface area contributed by atoms with Gasteiger partial charge in [-0.25, -0.2) is 4.98 Å². The van der Waals surface area contributed by atoms with Gasteiger partial charge >= 0.3 is 0 Å². The van der Waals surface area contributed by atoms with Crippen LogP contribution in [0, 0.1) is 17.4 Å². The first kappa shape index (κ1) is 16.2. The van der Waals surface area contributed by atoms with E-state index >= 15 is 0 Å². The molecule has 0 amide bonds. The van der Waals surface area contributed by atoms with Crippen LogP contribution in [0.2, 0.25) is 0 Å². The highest BCUT2D eigenvalue weighted by atomic mass is 127. The van der Waals surface area contributed by atoms with Crippen molar-refractivity contribution in [2.75, 3.05) is 0 Å². The van der Waals surface area contributed by atoms with Crippen molar-refractivity contribution in [1.82, 2.24) is 9.97 Å². The molecule has 0 aliphatic rings. The van der Waals surface area contributed by atoms with E-state index in [-0.39, 0.29) is 11.0 Å². The maximum atomic E-state index is 12.1. The molecule has 1 heterocycles. The fourth-order valence-corrected chi connectivity index (χ4v) is 3.52. The van der Waals surface area contributed by atoms with Gasteiger partial charge in [-0.15, -0.1) is 0 Å². The molecule has 1 aromatic carbocycles. The molecule has 112 valence electrons. The highest BCUT2D eigenvalue weighted by Crippen LogP contribution is 2.23. The largest absolute Gasteiger partial charge is 0.309 e. The van der Waals surface area contributed by atoms with Crippen LogP contribution in [0.4, 0.5) is 0 Å². The van der Waals surface area contributed by atoms with E-state index in [1.54, 1.807) is 0 Å². The Morgan fingerprint density at radius 3 is 2.24 bits per heavy atom. The number of rotatable bonds is 2. The molecule has 4 heteroatoms. The molecule has 3 nitrogen and oxygen atoms in total. The molecule has 0 aliphatic heterocycles. The van der Waals surface area contributed by atoms with Crippen molar-refractivity contribution in [3.05, 3.63) is 60.3 Å². The summed E-state index contributed by atoms with van der Waals surface area (Å²) in [6, 6.07) is 6.43. The van der Waals surface area contributed by atoms with Gasteiger partial charge in [-0.2, -0.15) is 0 Å². The lowest BCUT2D eigenvalue weighted by Crippen LogP contribution is -2.25. The molecule has 0 aliphatic carbocycles. The summed E-state index contributed by atoms with van der Waals surface area (Å²) < 4.78 is 0.685. The molecule has 0 bridgehead atoms. The predicted octanol–water partition coefficient (Wildman–Crippen LogP) is 3.88. The second kappa shape index (κ2) is 5.91. The summed E-state index contributed by atoms with van der Waals surface area (Å²) in [6.45, 7) is 10.4. The zero-order valence-electron chi connectivity index (χ0n) is 13.2. The maximum Gasteiger partial charge on any atom is 0.264 e. The van der Waals surface area contributed by atoms with E-state index < -0.39 is 0 Å². The van der Waals surface area contributed by atoms with Crippen molar-refractivity contribution in [2.24, 2.45) is 0 Å². The monoisotopic (exact) mass is 396 g/mol. The van der Waals surface area contributed by atoms with E-state index in [1.165, 1.54) is 16.7 Å². The number of aromatic nitrogens is 2. The van der Waals surface area contributed by atoms with Crippen molar-refractivity contribution >= 4 is 22.6 Å². The lowest BCUT2D eigenvalue weighted by molar-refractivity contribution is 0.556. The highest BCUT2D eigenvalue weighted by molar-refractivity contribution is 14.1. The molecule has 0 fully saturated rings. The molecule has 2 aromatic rings. The Morgan fingerprint density at radius 2 is 1.71 bits per heavy atom. The van der Waals surface area contributed by atoms with Crippen LogP contribution in [0.3, 0.4) is 0 Å². The normalized spacial score (nSPS) is 11.7. The number of aromatic amines is 1. The van der Waals surface area contributed by atoms with Crippen LogP contribution in [0.15, 0.2) is 23.0 Å². The van der Waals surface area contributed by atoms with Crippen LogP contribution in [0.25, 0.3) is 0 Å². The number of halogens is 1. The van der Waals surface area contributed by atoms with E-state index in [0.717, 1.165) is 11.5 Å². The Morgan fingerprint density at radius 1 is 1.14 bits per heavy atom. The smallest absolute Gasteiger partial charge is 0.264 e. The van der Waals surface area contributed by atoms with Crippen LogP contribution in [-0.2, 0) is 11.8 Å². The van der Waals surface area contributed by atoms with E-state index in [0.29, 0.717) is 9.99 Å².